The fourth-order valence-corrected chi connectivity index (χ4v) is 2.02. The lowest BCUT2D eigenvalue weighted by molar-refractivity contribution is 0.0954. The molecule has 2 aromatic carbocycles. The van der Waals surface area contributed by atoms with E-state index in [4.69, 9.17) is 0 Å². The molecule has 4 heteroatoms. The molecule has 0 heterocycles. The molecule has 0 saturated carbocycles. The number of rotatable bonds is 6. The number of carbonyl (C=O) groups is 1. The molecule has 0 saturated heterocycles. The lowest BCUT2D eigenvalue weighted by Crippen LogP contribution is -2.25. The van der Waals surface area contributed by atoms with Crippen LogP contribution in [0.4, 0.5) is 10.1 Å². The van der Waals surface area contributed by atoms with Crippen molar-refractivity contribution in [3.05, 3.63) is 65.5 Å². The summed E-state index contributed by atoms with van der Waals surface area (Å²) in [6, 6.07) is 13.7. The van der Waals surface area contributed by atoms with Crippen LogP contribution in [0, 0.1) is 5.82 Å². The van der Waals surface area contributed by atoms with E-state index in [0.717, 1.165) is 17.8 Å². The Morgan fingerprint density at radius 2 is 1.71 bits per heavy atom. The van der Waals surface area contributed by atoms with Crippen LogP contribution in [0.1, 0.15) is 22.8 Å². The number of amides is 1. The smallest absolute Gasteiger partial charge is 0.251 e. The normalized spacial score (nSPS) is 10.2. The van der Waals surface area contributed by atoms with E-state index in [1.807, 2.05) is 19.1 Å². The number of nitrogens with one attached hydrogen (secondary N) is 2. The zero-order chi connectivity index (χ0) is 15.1. The molecule has 0 aliphatic rings. The van der Waals surface area contributed by atoms with Crippen molar-refractivity contribution in [1.29, 1.82) is 0 Å². The van der Waals surface area contributed by atoms with Crippen LogP contribution >= 0.6 is 0 Å². The van der Waals surface area contributed by atoms with Crippen LogP contribution in [-0.4, -0.2) is 19.0 Å². The topological polar surface area (TPSA) is 41.1 Å². The van der Waals surface area contributed by atoms with Crippen molar-refractivity contribution < 1.29 is 9.18 Å². The van der Waals surface area contributed by atoms with Gasteiger partial charge in [0.1, 0.15) is 5.82 Å². The Hall–Kier alpha value is -2.36. The molecule has 0 atom stereocenters. The van der Waals surface area contributed by atoms with Crippen LogP contribution in [0.2, 0.25) is 0 Å². The molecule has 0 aliphatic carbocycles. The Morgan fingerprint density at radius 1 is 1.05 bits per heavy atom. The molecule has 2 aromatic rings. The van der Waals surface area contributed by atoms with Gasteiger partial charge in [-0.3, -0.25) is 4.79 Å². The Balaban J connectivity index is 1.82. The lowest BCUT2D eigenvalue weighted by Gasteiger charge is -2.07. The van der Waals surface area contributed by atoms with Gasteiger partial charge in [0.2, 0.25) is 0 Å². The molecule has 2 N–H and O–H groups in total. The zero-order valence-electron chi connectivity index (χ0n) is 12.0. The van der Waals surface area contributed by atoms with Gasteiger partial charge < -0.3 is 10.6 Å². The summed E-state index contributed by atoms with van der Waals surface area (Å²) >= 11 is 0. The predicted molar refractivity (Wildman–Crippen MR) is 83.0 cm³/mol. The van der Waals surface area contributed by atoms with Gasteiger partial charge in [0.25, 0.3) is 5.91 Å². The van der Waals surface area contributed by atoms with E-state index in [1.165, 1.54) is 12.1 Å². The fraction of sp³-hybridized carbons (Fsp3) is 0.235. The summed E-state index contributed by atoms with van der Waals surface area (Å²) in [4.78, 5) is 12.0. The van der Waals surface area contributed by atoms with E-state index in [0.29, 0.717) is 18.5 Å². The zero-order valence-corrected chi connectivity index (χ0v) is 12.0. The second-order valence-electron chi connectivity index (χ2n) is 4.74. The maximum absolute atomic E-state index is 12.8. The van der Waals surface area contributed by atoms with Gasteiger partial charge >= 0.3 is 0 Å². The maximum Gasteiger partial charge on any atom is 0.251 e. The lowest BCUT2D eigenvalue weighted by atomic mass is 10.1. The number of carbonyl (C=O) groups excluding carboxylic acids is 1. The minimum atomic E-state index is -0.247. The second kappa shape index (κ2) is 7.43. The fourth-order valence-electron chi connectivity index (χ4n) is 2.02. The van der Waals surface area contributed by atoms with Crippen LogP contribution in [0.3, 0.4) is 0 Å². The summed E-state index contributed by atoms with van der Waals surface area (Å²) in [5, 5.41) is 6.04. The quantitative estimate of drug-likeness (QED) is 0.856. The number of anilines is 1. The minimum absolute atomic E-state index is 0.0971. The Bertz CT molecular complexity index is 579. The van der Waals surface area contributed by atoms with Gasteiger partial charge in [-0.1, -0.05) is 12.1 Å². The number of halogens is 1. The van der Waals surface area contributed by atoms with Crippen molar-refractivity contribution in [1.82, 2.24) is 5.32 Å². The SMILES string of the molecule is CCNc1ccc(C(=O)NCCc2ccc(F)cc2)cc1. The van der Waals surface area contributed by atoms with Gasteiger partial charge in [-0.2, -0.15) is 0 Å². The first kappa shape index (κ1) is 15.0. The third-order valence-corrected chi connectivity index (χ3v) is 3.14. The van der Waals surface area contributed by atoms with Gasteiger partial charge in [0.05, 0.1) is 0 Å². The van der Waals surface area contributed by atoms with Crippen LogP contribution in [0.5, 0.6) is 0 Å². The number of hydrogen-bond donors (Lipinski definition) is 2. The Labute approximate surface area is 124 Å². The van der Waals surface area contributed by atoms with Gasteiger partial charge in [-0.15, -0.1) is 0 Å². The Morgan fingerprint density at radius 3 is 2.33 bits per heavy atom. The Kier molecular flexibility index (Phi) is 5.32. The van der Waals surface area contributed by atoms with Crippen LogP contribution in [-0.2, 0) is 6.42 Å². The molecule has 1 amide bonds. The van der Waals surface area contributed by atoms with Crippen molar-refractivity contribution in [3.63, 3.8) is 0 Å². The maximum atomic E-state index is 12.8. The summed E-state index contributed by atoms with van der Waals surface area (Å²) in [7, 11) is 0. The molecule has 0 aromatic heterocycles. The van der Waals surface area contributed by atoms with Crippen LogP contribution in [0.25, 0.3) is 0 Å². The molecular formula is C17H19FN2O. The summed E-state index contributed by atoms with van der Waals surface area (Å²) in [5.41, 5.74) is 2.63. The largest absolute Gasteiger partial charge is 0.385 e. The van der Waals surface area contributed by atoms with Crippen molar-refractivity contribution >= 4 is 11.6 Å². The molecule has 0 spiro atoms. The van der Waals surface area contributed by atoms with E-state index in [9.17, 15) is 9.18 Å². The third-order valence-electron chi connectivity index (χ3n) is 3.14. The van der Waals surface area contributed by atoms with Crippen LogP contribution < -0.4 is 10.6 Å². The van der Waals surface area contributed by atoms with Gasteiger partial charge in [0.15, 0.2) is 0 Å². The highest BCUT2D eigenvalue weighted by molar-refractivity contribution is 5.94. The molecule has 2 rings (SSSR count). The molecular weight excluding hydrogens is 267 g/mol. The van der Waals surface area contributed by atoms with Crippen LogP contribution in [0.15, 0.2) is 48.5 Å². The van der Waals surface area contributed by atoms with E-state index in [-0.39, 0.29) is 11.7 Å². The summed E-state index contributed by atoms with van der Waals surface area (Å²) in [5.74, 6) is -0.344. The highest BCUT2D eigenvalue weighted by Gasteiger charge is 2.04. The molecule has 21 heavy (non-hydrogen) atoms. The van der Waals surface area contributed by atoms with E-state index >= 15 is 0 Å². The average molecular weight is 286 g/mol. The van der Waals surface area contributed by atoms with Gasteiger partial charge in [-0.05, 0) is 55.3 Å². The number of benzene rings is 2. The molecule has 0 aliphatic heterocycles. The second-order valence-corrected chi connectivity index (χ2v) is 4.74. The molecule has 110 valence electrons. The van der Waals surface area contributed by atoms with Crippen molar-refractivity contribution in [2.75, 3.05) is 18.4 Å². The summed E-state index contributed by atoms with van der Waals surface area (Å²) < 4.78 is 12.8. The van der Waals surface area contributed by atoms with E-state index in [1.54, 1.807) is 24.3 Å². The first-order valence-electron chi connectivity index (χ1n) is 7.05. The summed E-state index contributed by atoms with van der Waals surface area (Å²) in [6.45, 7) is 3.40. The number of hydrogen-bond acceptors (Lipinski definition) is 2. The standard InChI is InChI=1S/C17H19FN2O/c1-2-19-16-9-5-14(6-10-16)17(21)20-12-11-13-3-7-15(18)8-4-13/h3-10,19H,2,11-12H2,1H3,(H,20,21). The average Bonchev–Trinajstić information content (AvgIpc) is 2.50. The monoisotopic (exact) mass is 286 g/mol. The van der Waals surface area contributed by atoms with Crippen molar-refractivity contribution in [2.45, 2.75) is 13.3 Å². The van der Waals surface area contributed by atoms with Crippen molar-refractivity contribution in [2.24, 2.45) is 0 Å². The predicted octanol–water partition coefficient (Wildman–Crippen LogP) is 3.23. The van der Waals surface area contributed by atoms with E-state index in [2.05, 4.69) is 10.6 Å². The van der Waals surface area contributed by atoms with E-state index < -0.39 is 0 Å². The minimum Gasteiger partial charge on any atom is -0.385 e. The summed E-state index contributed by atoms with van der Waals surface area (Å²) in [6.07, 6.45) is 0.682. The van der Waals surface area contributed by atoms with Gasteiger partial charge in [-0.25, -0.2) is 4.39 Å². The first-order chi connectivity index (χ1) is 10.2. The molecule has 3 nitrogen and oxygen atoms in total. The highest BCUT2D eigenvalue weighted by atomic mass is 19.1. The first-order valence-corrected chi connectivity index (χ1v) is 7.05. The van der Waals surface area contributed by atoms with Crippen molar-refractivity contribution in [3.8, 4) is 0 Å². The highest BCUT2D eigenvalue weighted by Crippen LogP contribution is 2.09. The molecule has 0 bridgehead atoms. The van der Waals surface area contributed by atoms with Gasteiger partial charge in [0, 0.05) is 24.3 Å². The molecule has 0 unspecified atom stereocenters. The third kappa shape index (κ3) is 4.60. The molecule has 0 fully saturated rings. The molecule has 0 radical (unpaired) electrons.